The van der Waals surface area contributed by atoms with Gasteiger partial charge in [0.25, 0.3) is 0 Å². The van der Waals surface area contributed by atoms with E-state index in [4.69, 9.17) is 0 Å². The van der Waals surface area contributed by atoms with Gasteiger partial charge in [-0.25, -0.2) is 0 Å². The fourth-order valence-electron chi connectivity index (χ4n) is 5.16. The number of hydrogen-bond donors (Lipinski definition) is 0. The molecule has 0 N–H and O–H groups in total. The second-order valence-corrected chi connectivity index (χ2v) is 11.8. The van der Waals surface area contributed by atoms with E-state index in [9.17, 15) is 9.59 Å². The molecule has 0 bridgehead atoms. The van der Waals surface area contributed by atoms with Crippen molar-refractivity contribution in [3.8, 4) is 0 Å². The molecule has 2 atom stereocenters. The van der Waals surface area contributed by atoms with Gasteiger partial charge in [-0.15, -0.1) is 11.3 Å². The van der Waals surface area contributed by atoms with Crippen LogP contribution in [0.3, 0.4) is 0 Å². The molecule has 0 spiro atoms. The predicted octanol–water partition coefficient (Wildman–Crippen LogP) is 5.68. The standard InChI is InChI=1S/C27H36N2O2S/c1-19(17-27(2,3)4)16-24(30)29(21-10-11-21)18-25(31)28-14-12-23-22(13-15-32-23)26(28)20-8-6-5-7-9-20/h5-9,13,15,19,21,26H,10-12,14,16-18H2,1-4H3. The maximum absolute atomic E-state index is 13.6. The molecule has 1 aromatic carbocycles. The van der Waals surface area contributed by atoms with Crippen LogP contribution in [0.4, 0.5) is 0 Å². The number of carbonyl (C=O) groups excluding carboxylic acids is 2. The lowest BCUT2D eigenvalue weighted by atomic mass is 9.84. The molecule has 1 saturated carbocycles. The van der Waals surface area contributed by atoms with Gasteiger partial charge in [0.1, 0.15) is 6.54 Å². The second-order valence-electron chi connectivity index (χ2n) is 10.8. The fourth-order valence-corrected chi connectivity index (χ4v) is 6.06. The summed E-state index contributed by atoms with van der Waals surface area (Å²) >= 11 is 1.78. The third kappa shape index (κ3) is 5.43. The molecule has 2 unspecified atom stereocenters. The summed E-state index contributed by atoms with van der Waals surface area (Å²) in [6.07, 6.45) is 4.46. The topological polar surface area (TPSA) is 40.6 Å². The Labute approximate surface area is 196 Å². The zero-order valence-corrected chi connectivity index (χ0v) is 20.7. The van der Waals surface area contributed by atoms with E-state index in [1.54, 1.807) is 11.3 Å². The summed E-state index contributed by atoms with van der Waals surface area (Å²) < 4.78 is 0. The number of thiophene rings is 1. The summed E-state index contributed by atoms with van der Waals surface area (Å²) in [5, 5.41) is 2.13. The van der Waals surface area contributed by atoms with E-state index < -0.39 is 0 Å². The quantitative estimate of drug-likeness (QED) is 0.543. The summed E-state index contributed by atoms with van der Waals surface area (Å²) in [6.45, 7) is 9.72. The van der Waals surface area contributed by atoms with Crippen molar-refractivity contribution in [3.63, 3.8) is 0 Å². The zero-order chi connectivity index (χ0) is 22.9. The maximum Gasteiger partial charge on any atom is 0.243 e. The Morgan fingerprint density at radius 2 is 1.88 bits per heavy atom. The van der Waals surface area contributed by atoms with Crippen LogP contribution in [0, 0.1) is 11.3 Å². The normalized spacial score (nSPS) is 19.4. The van der Waals surface area contributed by atoms with Crippen LogP contribution in [0.2, 0.25) is 0 Å². The van der Waals surface area contributed by atoms with Gasteiger partial charge in [-0.3, -0.25) is 9.59 Å². The Hall–Kier alpha value is -2.14. The maximum atomic E-state index is 13.6. The van der Waals surface area contributed by atoms with E-state index in [1.807, 2.05) is 28.0 Å². The van der Waals surface area contributed by atoms with E-state index >= 15 is 0 Å². The van der Waals surface area contributed by atoms with Gasteiger partial charge in [-0.2, -0.15) is 0 Å². The minimum absolute atomic E-state index is 0.0605. The molecule has 2 heterocycles. The van der Waals surface area contributed by atoms with Crippen LogP contribution in [-0.2, 0) is 16.0 Å². The van der Waals surface area contributed by atoms with E-state index in [2.05, 4.69) is 51.3 Å². The third-order valence-electron chi connectivity index (χ3n) is 6.50. The van der Waals surface area contributed by atoms with E-state index in [-0.39, 0.29) is 35.9 Å². The molecule has 0 radical (unpaired) electrons. The fraction of sp³-hybridized carbons (Fsp3) is 0.556. The summed E-state index contributed by atoms with van der Waals surface area (Å²) in [4.78, 5) is 32.1. The van der Waals surface area contributed by atoms with Gasteiger partial charge in [-0.1, -0.05) is 58.0 Å². The lowest BCUT2D eigenvalue weighted by Crippen LogP contribution is -2.47. The summed E-state index contributed by atoms with van der Waals surface area (Å²) in [5.74, 6) is 0.529. The van der Waals surface area contributed by atoms with E-state index in [0.29, 0.717) is 18.9 Å². The Morgan fingerprint density at radius 3 is 2.53 bits per heavy atom. The lowest BCUT2D eigenvalue weighted by Gasteiger charge is -2.38. The van der Waals surface area contributed by atoms with Crippen molar-refractivity contribution in [1.29, 1.82) is 0 Å². The van der Waals surface area contributed by atoms with E-state index in [0.717, 1.165) is 31.2 Å². The first-order valence-electron chi connectivity index (χ1n) is 11.9. The molecule has 2 aromatic rings. The second kappa shape index (κ2) is 9.38. The molecular formula is C27H36N2O2S. The Balaban J connectivity index is 1.50. The van der Waals surface area contributed by atoms with Crippen molar-refractivity contribution < 1.29 is 9.59 Å². The van der Waals surface area contributed by atoms with Crippen molar-refractivity contribution in [3.05, 3.63) is 57.8 Å². The molecule has 0 saturated heterocycles. The number of nitrogens with zero attached hydrogens (tertiary/aromatic N) is 2. The van der Waals surface area contributed by atoms with Crippen LogP contribution in [0.15, 0.2) is 41.8 Å². The van der Waals surface area contributed by atoms with Crippen LogP contribution in [0.5, 0.6) is 0 Å². The smallest absolute Gasteiger partial charge is 0.243 e. The summed E-state index contributed by atoms with van der Waals surface area (Å²) in [7, 11) is 0. The zero-order valence-electron chi connectivity index (χ0n) is 19.8. The molecule has 2 amide bonds. The molecule has 4 nitrogen and oxygen atoms in total. The van der Waals surface area contributed by atoms with Crippen molar-refractivity contribution in [1.82, 2.24) is 9.80 Å². The van der Waals surface area contributed by atoms with Crippen molar-refractivity contribution >= 4 is 23.2 Å². The average molecular weight is 453 g/mol. The average Bonchev–Trinajstić information content (AvgIpc) is 3.46. The monoisotopic (exact) mass is 452 g/mol. The summed E-state index contributed by atoms with van der Waals surface area (Å²) in [5.41, 5.74) is 2.58. The molecule has 32 heavy (non-hydrogen) atoms. The highest BCUT2D eigenvalue weighted by Crippen LogP contribution is 2.38. The lowest BCUT2D eigenvalue weighted by molar-refractivity contribution is -0.142. The molecular weight excluding hydrogens is 416 g/mol. The molecule has 5 heteroatoms. The van der Waals surface area contributed by atoms with Crippen molar-refractivity contribution in [2.45, 2.75) is 71.9 Å². The Kier molecular flexibility index (Phi) is 6.75. The highest BCUT2D eigenvalue weighted by atomic mass is 32.1. The van der Waals surface area contributed by atoms with Gasteiger partial charge in [0, 0.05) is 23.9 Å². The summed E-state index contributed by atoms with van der Waals surface area (Å²) in [6, 6.07) is 12.6. The number of benzene rings is 1. The first kappa shape index (κ1) is 23.0. The van der Waals surface area contributed by atoms with Crippen LogP contribution >= 0.6 is 11.3 Å². The number of amides is 2. The highest BCUT2D eigenvalue weighted by molar-refractivity contribution is 7.10. The van der Waals surface area contributed by atoms with Crippen LogP contribution in [0.25, 0.3) is 0 Å². The first-order chi connectivity index (χ1) is 15.2. The first-order valence-corrected chi connectivity index (χ1v) is 12.8. The van der Waals surface area contributed by atoms with E-state index in [1.165, 1.54) is 10.4 Å². The van der Waals surface area contributed by atoms with Crippen LogP contribution in [0.1, 0.15) is 75.4 Å². The predicted molar refractivity (Wildman–Crippen MR) is 131 cm³/mol. The molecule has 2 aliphatic rings. The largest absolute Gasteiger partial charge is 0.330 e. The van der Waals surface area contributed by atoms with Gasteiger partial charge >= 0.3 is 0 Å². The van der Waals surface area contributed by atoms with Gasteiger partial charge in [-0.05, 0) is 59.6 Å². The van der Waals surface area contributed by atoms with Gasteiger partial charge in [0.05, 0.1) is 6.04 Å². The van der Waals surface area contributed by atoms with Gasteiger partial charge < -0.3 is 9.80 Å². The number of hydrogen-bond acceptors (Lipinski definition) is 3. The van der Waals surface area contributed by atoms with Crippen molar-refractivity contribution in [2.75, 3.05) is 13.1 Å². The molecule has 1 fully saturated rings. The number of carbonyl (C=O) groups is 2. The Morgan fingerprint density at radius 1 is 1.16 bits per heavy atom. The minimum Gasteiger partial charge on any atom is -0.330 e. The molecule has 1 aromatic heterocycles. The molecule has 4 rings (SSSR count). The van der Waals surface area contributed by atoms with Crippen LogP contribution < -0.4 is 0 Å². The minimum atomic E-state index is -0.0605. The Bertz CT molecular complexity index is 942. The number of rotatable bonds is 7. The molecule has 1 aliphatic carbocycles. The SMILES string of the molecule is CC(CC(=O)N(CC(=O)N1CCc2sccc2C1c1ccccc1)C1CC1)CC(C)(C)C. The highest BCUT2D eigenvalue weighted by Gasteiger charge is 2.38. The molecule has 1 aliphatic heterocycles. The van der Waals surface area contributed by atoms with Gasteiger partial charge in [0.15, 0.2) is 0 Å². The van der Waals surface area contributed by atoms with Crippen molar-refractivity contribution in [2.24, 2.45) is 11.3 Å². The number of fused-ring (bicyclic) bond motifs is 1. The third-order valence-corrected chi connectivity index (χ3v) is 7.50. The van der Waals surface area contributed by atoms with Gasteiger partial charge in [0.2, 0.25) is 11.8 Å². The molecule has 172 valence electrons. The van der Waals surface area contributed by atoms with Crippen LogP contribution in [-0.4, -0.2) is 40.7 Å².